The fourth-order valence-corrected chi connectivity index (χ4v) is 4.49. The van der Waals surface area contributed by atoms with Crippen LogP contribution in [0.3, 0.4) is 0 Å². The minimum absolute atomic E-state index is 0.00728. The number of aryl methyl sites for hydroxylation is 1. The van der Waals surface area contributed by atoms with Gasteiger partial charge in [0.2, 0.25) is 5.91 Å². The SMILES string of the molecule is CC(NC(=O)CS(=O)(=O)CCCc1ccccc1)c1ccc(OCc2cccnc2)cc1. The predicted octanol–water partition coefficient (Wildman–Crippen LogP) is 3.89. The van der Waals surface area contributed by atoms with Crippen LogP contribution in [0.5, 0.6) is 5.75 Å². The maximum atomic E-state index is 12.3. The van der Waals surface area contributed by atoms with E-state index in [0.717, 1.165) is 16.7 Å². The molecular formula is C25H28N2O4S. The molecule has 0 bridgehead atoms. The minimum Gasteiger partial charge on any atom is -0.489 e. The second-order valence-electron chi connectivity index (χ2n) is 7.69. The van der Waals surface area contributed by atoms with Gasteiger partial charge in [0.05, 0.1) is 11.8 Å². The molecule has 0 aliphatic rings. The van der Waals surface area contributed by atoms with E-state index in [9.17, 15) is 13.2 Å². The molecule has 2 aromatic carbocycles. The van der Waals surface area contributed by atoms with Crippen LogP contribution in [0.25, 0.3) is 0 Å². The molecule has 0 saturated heterocycles. The third kappa shape index (κ3) is 7.81. The number of carbonyl (C=O) groups is 1. The summed E-state index contributed by atoms with van der Waals surface area (Å²) in [6.45, 7) is 2.24. The van der Waals surface area contributed by atoms with Crippen molar-refractivity contribution in [2.24, 2.45) is 0 Å². The normalized spacial score (nSPS) is 12.2. The summed E-state index contributed by atoms with van der Waals surface area (Å²) in [5.74, 6) is -0.295. The molecule has 0 spiro atoms. The average molecular weight is 453 g/mol. The van der Waals surface area contributed by atoms with Crippen molar-refractivity contribution in [1.29, 1.82) is 0 Å². The lowest BCUT2D eigenvalue weighted by molar-refractivity contribution is -0.119. The zero-order valence-electron chi connectivity index (χ0n) is 18.1. The number of carbonyl (C=O) groups excluding carboxylic acids is 1. The van der Waals surface area contributed by atoms with Crippen LogP contribution in [0, 0.1) is 0 Å². The van der Waals surface area contributed by atoms with Gasteiger partial charge in [0.1, 0.15) is 18.1 Å². The summed E-state index contributed by atoms with van der Waals surface area (Å²) >= 11 is 0. The molecule has 168 valence electrons. The fourth-order valence-electron chi connectivity index (χ4n) is 3.28. The molecule has 6 nitrogen and oxygen atoms in total. The number of hydrogen-bond acceptors (Lipinski definition) is 5. The summed E-state index contributed by atoms with van der Waals surface area (Å²) in [4.78, 5) is 16.3. The second-order valence-corrected chi connectivity index (χ2v) is 9.87. The molecule has 3 aromatic rings. The fraction of sp³-hybridized carbons (Fsp3) is 0.280. The molecule has 1 atom stereocenters. The standard InChI is InChI=1S/C25H28N2O4S/c1-20(23-11-13-24(14-12-23)31-18-22-9-5-15-26-17-22)27-25(28)19-32(29,30)16-6-10-21-7-3-2-4-8-21/h2-5,7-9,11-15,17,20H,6,10,16,18-19H2,1H3,(H,27,28). The quantitative estimate of drug-likeness (QED) is 0.477. The van der Waals surface area contributed by atoms with Crippen LogP contribution < -0.4 is 10.1 Å². The van der Waals surface area contributed by atoms with Crippen LogP contribution >= 0.6 is 0 Å². The molecule has 0 saturated carbocycles. The van der Waals surface area contributed by atoms with Crippen LogP contribution in [0.15, 0.2) is 79.1 Å². The molecule has 1 heterocycles. The van der Waals surface area contributed by atoms with Gasteiger partial charge in [-0.2, -0.15) is 0 Å². The predicted molar refractivity (Wildman–Crippen MR) is 125 cm³/mol. The number of sulfone groups is 1. The Balaban J connectivity index is 1.43. The van der Waals surface area contributed by atoms with E-state index < -0.39 is 21.5 Å². The summed E-state index contributed by atoms with van der Waals surface area (Å²) in [6.07, 6.45) is 4.63. The summed E-state index contributed by atoms with van der Waals surface area (Å²) in [7, 11) is -3.46. The maximum absolute atomic E-state index is 12.3. The highest BCUT2D eigenvalue weighted by atomic mass is 32.2. The second kappa shape index (κ2) is 11.4. The van der Waals surface area contributed by atoms with E-state index in [0.29, 0.717) is 25.2 Å². The van der Waals surface area contributed by atoms with Crippen LogP contribution in [0.1, 0.15) is 36.1 Å². The van der Waals surface area contributed by atoms with Gasteiger partial charge in [-0.05, 0) is 49.1 Å². The molecule has 1 unspecified atom stereocenters. The topological polar surface area (TPSA) is 85.4 Å². The Morgan fingerprint density at radius 3 is 2.41 bits per heavy atom. The highest BCUT2D eigenvalue weighted by Gasteiger charge is 2.18. The molecule has 1 amide bonds. The van der Waals surface area contributed by atoms with Crippen LogP contribution in [-0.4, -0.2) is 30.8 Å². The van der Waals surface area contributed by atoms with E-state index in [4.69, 9.17) is 4.74 Å². The maximum Gasteiger partial charge on any atom is 0.235 e. The number of aromatic nitrogens is 1. The van der Waals surface area contributed by atoms with Gasteiger partial charge in [-0.3, -0.25) is 9.78 Å². The molecule has 0 aliphatic heterocycles. The Bertz CT molecular complexity index is 1090. The van der Waals surface area contributed by atoms with Crippen molar-refractivity contribution in [3.05, 3.63) is 95.8 Å². The van der Waals surface area contributed by atoms with Crippen LogP contribution in [0.4, 0.5) is 0 Å². The van der Waals surface area contributed by atoms with Crippen molar-refractivity contribution in [3.63, 3.8) is 0 Å². The Hall–Kier alpha value is -3.19. The lowest BCUT2D eigenvalue weighted by atomic mass is 10.1. The Kier molecular flexibility index (Phi) is 8.39. The Morgan fingerprint density at radius 1 is 1.00 bits per heavy atom. The highest BCUT2D eigenvalue weighted by molar-refractivity contribution is 7.92. The van der Waals surface area contributed by atoms with Gasteiger partial charge >= 0.3 is 0 Å². The van der Waals surface area contributed by atoms with E-state index in [1.807, 2.05) is 73.7 Å². The van der Waals surface area contributed by atoms with Crippen LogP contribution in [0.2, 0.25) is 0 Å². The molecule has 7 heteroatoms. The van der Waals surface area contributed by atoms with Crippen molar-refractivity contribution in [2.45, 2.75) is 32.4 Å². The molecule has 0 fully saturated rings. The number of hydrogen-bond donors (Lipinski definition) is 1. The number of rotatable bonds is 11. The molecule has 3 rings (SSSR count). The molecule has 1 aromatic heterocycles. The van der Waals surface area contributed by atoms with E-state index >= 15 is 0 Å². The third-order valence-corrected chi connectivity index (χ3v) is 6.61. The number of amides is 1. The first-order valence-corrected chi connectivity index (χ1v) is 12.4. The monoisotopic (exact) mass is 452 g/mol. The van der Waals surface area contributed by atoms with Gasteiger partial charge in [-0.15, -0.1) is 0 Å². The summed E-state index contributed by atoms with van der Waals surface area (Å²) in [5.41, 5.74) is 2.93. The van der Waals surface area contributed by atoms with Crippen molar-refractivity contribution >= 4 is 15.7 Å². The summed E-state index contributed by atoms with van der Waals surface area (Å²) in [5, 5.41) is 2.77. The molecule has 0 radical (unpaired) electrons. The van der Waals surface area contributed by atoms with Gasteiger partial charge in [-0.25, -0.2) is 8.42 Å². The smallest absolute Gasteiger partial charge is 0.235 e. The number of nitrogens with zero attached hydrogens (tertiary/aromatic N) is 1. The highest BCUT2D eigenvalue weighted by Crippen LogP contribution is 2.18. The molecule has 1 N–H and O–H groups in total. The minimum atomic E-state index is -3.46. The summed E-state index contributed by atoms with van der Waals surface area (Å²) in [6, 6.07) is 20.6. The largest absolute Gasteiger partial charge is 0.489 e. The van der Waals surface area contributed by atoms with Gasteiger partial charge in [0.15, 0.2) is 9.84 Å². The van der Waals surface area contributed by atoms with Gasteiger partial charge < -0.3 is 10.1 Å². The van der Waals surface area contributed by atoms with Gasteiger partial charge in [0, 0.05) is 18.0 Å². The Morgan fingerprint density at radius 2 is 1.72 bits per heavy atom. The summed E-state index contributed by atoms with van der Waals surface area (Å²) < 4.78 is 30.3. The first-order chi connectivity index (χ1) is 15.4. The Labute approximate surface area is 189 Å². The van der Waals surface area contributed by atoms with Crippen molar-refractivity contribution in [1.82, 2.24) is 10.3 Å². The number of pyridine rings is 1. The number of benzene rings is 2. The molecule has 0 aliphatic carbocycles. The van der Waals surface area contributed by atoms with Crippen molar-refractivity contribution < 1.29 is 17.9 Å². The van der Waals surface area contributed by atoms with E-state index in [-0.39, 0.29) is 11.8 Å². The third-order valence-electron chi connectivity index (χ3n) is 5.00. The lowest BCUT2D eigenvalue weighted by Crippen LogP contribution is -2.33. The number of ether oxygens (including phenoxy) is 1. The van der Waals surface area contributed by atoms with E-state index in [1.54, 1.807) is 12.4 Å². The number of nitrogens with one attached hydrogen (secondary N) is 1. The van der Waals surface area contributed by atoms with Crippen molar-refractivity contribution in [2.75, 3.05) is 11.5 Å². The average Bonchev–Trinajstić information content (AvgIpc) is 2.79. The zero-order chi connectivity index (χ0) is 22.8. The van der Waals surface area contributed by atoms with Crippen LogP contribution in [-0.2, 0) is 27.7 Å². The van der Waals surface area contributed by atoms with Crippen molar-refractivity contribution in [3.8, 4) is 5.75 Å². The molecular weight excluding hydrogens is 424 g/mol. The first kappa shape index (κ1) is 23.5. The van der Waals surface area contributed by atoms with Gasteiger partial charge in [-0.1, -0.05) is 48.5 Å². The lowest BCUT2D eigenvalue weighted by Gasteiger charge is -2.15. The zero-order valence-corrected chi connectivity index (χ0v) is 18.9. The van der Waals surface area contributed by atoms with E-state index in [1.165, 1.54) is 0 Å². The molecule has 32 heavy (non-hydrogen) atoms. The van der Waals surface area contributed by atoms with Gasteiger partial charge in [0.25, 0.3) is 0 Å². The first-order valence-electron chi connectivity index (χ1n) is 10.6. The van der Waals surface area contributed by atoms with E-state index in [2.05, 4.69) is 10.3 Å².